The highest BCUT2D eigenvalue weighted by Gasteiger charge is 2.24. The van der Waals surface area contributed by atoms with Gasteiger partial charge in [0.2, 0.25) is 0 Å². The zero-order chi connectivity index (χ0) is 23.8. The molecule has 0 heterocycles. The van der Waals surface area contributed by atoms with E-state index in [1.165, 1.54) is 56.9 Å². The average Bonchev–Trinajstić information content (AvgIpc) is 2.87. The van der Waals surface area contributed by atoms with Gasteiger partial charge in [0.15, 0.2) is 0 Å². The van der Waals surface area contributed by atoms with Gasteiger partial charge in [-0.1, -0.05) is 88.1 Å². The monoisotopic (exact) mass is 454 g/mol. The van der Waals surface area contributed by atoms with Crippen LogP contribution in [0.5, 0.6) is 0 Å². The van der Waals surface area contributed by atoms with Crippen LogP contribution in [0.1, 0.15) is 106 Å². The summed E-state index contributed by atoms with van der Waals surface area (Å²) < 4.78 is 15.4. The number of aryl methyl sites for hydroxylation is 1. The van der Waals surface area contributed by atoms with E-state index in [4.69, 9.17) is 0 Å². The first kappa shape index (κ1) is 24.5. The minimum absolute atomic E-state index is 0.0227. The molecule has 3 aromatic rings. The zero-order valence-electron chi connectivity index (χ0n) is 21.0. The van der Waals surface area contributed by atoms with Crippen molar-refractivity contribution >= 4 is 10.8 Å². The number of unbranched alkanes of at least 4 members (excludes halogenated alkanes) is 3. The minimum atomic E-state index is -0.0227. The number of benzene rings is 3. The molecule has 1 heteroatoms. The molecule has 0 bridgehead atoms. The number of hydrogen-bond acceptors (Lipinski definition) is 0. The molecule has 0 amide bonds. The largest absolute Gasteiger partial charge is 0.206 e. The lowest BCUT2D eigenvalue weighted by Crippen LogP contribution is -2.14. The molecule has 1 fully saturated rings. The van der Waals surface area contributed by atoms with Crippen LogP contribution in [-0.4, -0.2) is 0 Å². The molecular weight excluding hydrogens is 415 g/mol. The van der Waals surface area contributed by atoms with Crippen LogP contribution in [0.4, 0.5) is 4.39 Å². The van der Waals surface area contributed by atoms with Crippen molar-refractivity contribution in [2.75, 3.05) is 0 Å². The molecule has 0 aromatic heterocycles. The summed E-state index contributed by atoms with van der Waals surface area (Å²) in [5.74, 6) is 7.74. The van der Waals surface area contributed by atoms with Crippen molar-refractivity contribution in [1.82, 2.24) is 0 Å². The SMILES string of the molecule is CCCCCCc1ccc(C#Cc2ccc3c(F)c(C4CCC(CCC)CC4)ccc3c2)cc1. The smallest absolute Gasteiger partial charge is 0.134 e. The van der Waals surface area contributed by atoms with Gasteiger partial charge in [-0.25, -0.2) is 4.39 Å². The van der Waals surface area contributed by atoms with E-state index >= 15 is 4.39 Å². The summed E-state index contributed by atoms with van der Waals surface area (Å²) in [5, 5.41) is 1.67. The van der Waals surface area contributed by atoms with E-state index in [0.717, 1.165) is 52.6 Å². The van der Waals surface area contributed by atoms with E-state index in [2.05, 4.69) is 56.0 Å². The molecule has 0 nitrogen and oxygen atoms in total. The Morgan fingerprint density at radius 1 is 0.765 bits per heavy atom. The normalized spacial score (nSPS) is 18.0. The standard InChI is InChI=1S/C33H39F/c1-3-5-6-7-9-26-10-12-27(13-11-26)14-15-28-18-22-32-30(24-28)21-23-31(33(32)34)29-19-16-25(8-4-2)17-20-29/h10-13,18,21-25,29H,3-9,16-17,19-20H2,1-2H3. The van der Waals surface area contributed by atoms with Gasteiger partial charge in [0.25, 0.3) is 0 Å². The summed E-state index contributed by atoms with van der Waals surface area (Å²) in [4.78, 5) is 0. The Hall–Kier alpha value is -2.59. The van der Waals surface area contributed by atoms with E-state index in [1.807, 2.05) is 24.3 Å². The van der Waals surface area contributed by atoms with Crippen LogP contribution in [-0.2, 0) is 6.42 Å². The molecule has 0 N–H and O–H groups in total. The number of rotatable bonds is 8. The van der Waals surface area contributed by atoms with Crippen molar-refractivity contribution in [3.8, 4) is 11.8 Å². The van der Waals surface area contributed by atoms with Crippen molar-refractivity contribution in [1.29, 1.82) is 0 Å². The van der Waals surface area contributed by atoms with E-state index in [-0.39, 0.29) is 5.82 Å². The Bertz CT molecular complexity index is 1120. The molecule has 3 aromatic carbocycles. The second-order valence-electron chi connectivity index (χ2n) is 10.2. The molecule has 4 rings (SSSR count). The van der Waals surface area contributed by atoms with Crippen molar-refractivity contribution in [2.24, 2.45) is 5.92 Å². The van der Waals surface area contributed by atoms with Crippen LogP contribution < -0.4 is 0 Å². The summed E-state index contributed by atoms with van der Waals surface area (Å²) in [7, 11) is 0. The lowest BCUT2D eigenvalue weighted by Gasteiger charge is -2.29. The summed E-state index contributed by atoms with van der Waals surface area (Å²) in [6.07, 6.45) is 13.6. The fourth-order valence-electron chi connectivity index (χ4n) is 5.53. The molecular formula is C33H39F. The maximum atomic E-state index is 15.4. The third kappa shape index (κ3) is 6.29. The van der Waals surface area contributed by atoms with Gasteiger partial charge in [0.05, 0.1) is 0 Å². The molecule has 178 valence electrons. The van der Waals surface area contributed by atoms with Gasteiger partial charge in [-0.3, -0.25) is 0 Å². The molecule has 34 heavy (non-hydrogen) atoms. The van der Waals surface area contributed by atoms with Crippen molar-refractivity contribution < 1.29 is 4.39 Å². The highest BCUT2D eigenvalue weighted by atomic mass is 19.1. The van der Waals surface area contributed by atoms with Crippen LogP contribution in [0.2, 0.25) is 0 Å². The quantitative estimate of drug-likeness (QED) is 0.235. The summed E-state index contributed by atoms with van der Waals surface area (Å²) in [6, 6.07) is 18.6. The zero-order valence-corrected chi connectivity index (χ0v) is 21.0. The molecule has 0 aliphatic heterocycles. The van der Waals surface area contributed by atoms with Crippen LogP contribution in [0.3, 0.4) is 0 Å². The van der Waals surface area contributed by atoms with Crippen LogP contribution in [0, 0.1) is 23.6 Å². The lowest BCUT2D eigenvalue weighted by atomic mass is 9.77. The van der Waals surface area contributed by atoms with E-state index in [0.29, 0.717) is 5.92 Å². The topological polar surface area (TPSA) is 0 Å². The van der Waals surface area contributed by atoms with Gasteiger partial charge >= 0.3 is 0 Å². The first-order chi connectivity index (χ1) is 16.7. The number of hydrogen-bond donors (Lipinski definition) is 0. The Labute approximate surface area is 206 Å². The highest BCUT2D eigenvalue weighted by Crippen LogP contribution is 2.39. The molecule has 0 atom stereocenters. The van der Waals surface area contributed by atoms with E-state index in [1.54, 1.807) is 0 Å². The Kier molecular flexibility index (Phi) is 8.81. The Balaban J connectivity index is 1.43. The highest BCUT2D eigenvalue weighted by molar-refractivity contribution is 5.85. The van der Waals surface area contributed by atoms with Crippen LogP contribution in [0.15, 0.2) is 54.6 Å². The second-order valence-corrected chi connectivity index (χ2v) is 10.2. The van der Waals surface area contributed by atoms with E-state index < -0.39 is 0 Å². The third-order valence-corrected chi connectivity index (χ3v) is 7.59. The van der Waals surface area contributed by atoms with Gasteiger partial charge in [-0.15, -0.1) is 0 Å². The van der Waals surface area contributed by atoms with Gasteiger partial charge in [-0.05, 0) is 91.1 Å². The third-order valence-electron chi connectivity index (χ3n) is 7.59. The fraction of sp³-hybridized carbons (Fsp3) is 0.455. The minimum Gasteiger partial charge on any atom is -0.206 e. The predicted octanol–water partition coefficient (Wildman–Crippen LogP) is 9.58. The van der Waals surface area contributed by atoms with Gasteiger partial charge in [0, 0.05) is 16.5 Å². The molecule has 1 saturated carbocycles. The van der Waals surface area contributed by atoms with Crippen LogP contribution >= 0.6 is 0 Å². The number of halogens is 1. The van der Waals surface area contributed by atoms with Gasteiger partial charge in [-0.2, -0.15) is 0 Å². The summed E-state index contributed by atoms with van der Waals surface area (Å²) in [5.41, 5.74) is 4.26. The van der Waals surface area contributed by atoms with Crippen LogP contribution in [0.25, 0.3) is 10.8 Å². The van der Waals surface area contributed by atoms with Crippen molar-refractivity contribution in [2.45, 2.75) is 90.4 Å². The maximum Gasteiger partial charge on any atom is 0.134 e. The Morgan fingerprint density at radius 3 is 2.24 bits per heavy atom. The molecule has 1 aliphatic carbocycles. The maximum absolute atomic E-state index is 15.4. The lowest BCUT2D eigenvalue weighted by molar-refractivity contribution is 0.305. The van der Waals surface area contributed by atoms with Gasteiger partial charge in [0.1, 0.15) is 5.82 Å². The van der Waals surface area contributed by atoms with Crippen molar-refractivity contribution in [3.63, 3.8) is 0 Å². The molecule has 0 radical (unpaired) electrons. The molecule has 0 spiro atoms. The predicted molar refractivity (Wildman–Crippen MR) is 144 cm³/mol. The Morgan fingerprint density at radius 2 is 1.50 bits per heavy atom. The molecule has 1 aliphatic rings. The first-order valence-electron chi connectivity index (χ1n) is 13.5. The summed E-state index contributed by atoms with van der Waals surface area (Å²) >= 11 is 0. The van der Waals surface area contributed by atoms with E-state index in [9.17, 15) is 0 Å². The summed E-state index contributed by atoms with van der Waals surface area (Å²) in [6.45, 7) is 4.51. The first-order valence-corrected chi connectivity index (χ1v) is 13.5. The average molecular weight is 455 g/mol. The fourth-order valence-corrected chi connectivity index (χ4v) is 5.53. The molecule has 0 unspecified atom stereocenters. The van der Waals surface area contributed by atoms with Gasteiger partial charge < -0.3 is 0 Å². The van der Waals surface area contributed by atoms with Crippen molar-refractivity contribution in [3.05, 3.63) is 82.7 Å². The number of fused-ring (bicyclic) bond motifs is 1. The second kappa shape index (κ2) is 12.2. The molecule has 0 saturated heterocycles.